The third-order valence-electron chi connectivity index (χ3n) is 10.9. The van der Waals surface area contributed by atoms with Crippen LogP contribution in [0.3, 0.4) is 0 Å². The van der Waals surface area contributed by atoms with Crippen LogP contribution in [0.25, 0.3) is 112 Å². The van der Waals surface area contributed by atoms with Crippen molar-refractivity contribution in [3.63, 3.8) is 0 Å². The molecule has 0 saturated carbocycles. The van der Waals surface area contributed by atoms with E-state index in [2.05, 4.69) is 103 Å². The molecule has 0 radical (unpaired) electrons. The lowest BCUT2D eigenvalue weighted by atomic mass is 9.95. The lowest BCUT2D eigenvalue weighted by Gasteiger charge is -2.11. The van der Waals surface area contributed by atoms with E-state index in [0.29, 0.717) is 28.9 Å². The van der Waals surface area contributed by atoms with Crippen molar-refractivity contribution in [3.05, 3.63) is 212 Å². The summed E-state index contributed by atoms with van der Waals surface area (Å²) < 4.78 is 6.44. The molecule has 286 valence electrons. The summed E-state index contributed by atoms with van der Waals surface area (Å²) in [7, 11) is 0. The average molecular weight is 782 g/mol. The maximum absolute atomic E-state index is 6.44. The molecule has 0 spiro atoms. The highest BCUT2D eigenvalue weighted by atomic mass is 16.3. The van der Waals surface area contributed by atoms with Crippen molar-refractivity contribution in [1.82, 2.24) is 24.9 Å². The van der Waals surface area contributed by atoms with E-state index in [1.807, 2.05) is 109 Å². The quantitative estimate of drug-likeness (QED) is 0.153. The van der Waals surface area contributed by atoms with E-state index in [1.54, 1.807) is 0 Å². The Balaban J connectivity index is 0.941. The number of nitrogens with zero attached hydrogens (tertiary/aromatic N) is 5. The van der Waals surface area contributed by atoms with Gasteiger partial charge in [-0.3, -0.25) is 0 Å². The van der Waals surface area contributed by atoms with Crippen LogP contribution < -0.4 is 0 Å². The number of rotatable bonds is 8. The van der Waals surface area contributed by atoms with Crippen LogP contribution in [0.2, 0.25) is 0 Å². The standard InChI is InChI=1S/C55H35N5O/c1-4-16-36(17-5-1)52-56-49(51-50(57-52)47-30-10-11-31-48(47)61-51)45-28-14-26-43(34-45)41-24-12-22-39(32-41)40-23-13-25-42(33-40)44-27-15-29-46(35-44)55-59-53(37-18-6-2-7-19-37)58-54(60-55)38-20-8-3-9-21-38/h1-35H. The number of aromatic nitrogens is 5. The Morgan fingerprint density at radius 2 is 0.607 bits per heavy atom. The Bertz CT molecular complexity index is 3310. The molecule has 61 heavy (non-hydrogen) atoms. The largest absolute Gasteiger partial charge is 0.452 e. The summed E-state index contributed by atoms with van der Waals surface area (Å²) in [4.78, 5) is 25.0. The minimum Gasteiger partial charge on any atom is -0.452 e. The fourth-order valence-corrected chi connectivity index (χ4v) is 7.88. The lowest BCUT2D eigenvalue weighted by molar-refractivity contribution is 0.667. The number of hydrogen-bond donors (Lipinski definition) is 0. The van der Waals surface area contributed by atoms with Crippen molar-refractivity contribution in [2.24, 2.45) is 0 Å². The first kappa shape index (κ1) is 35.8. The molecule has 0 aliphatic rings. The van der Waals surface area contributed by atoms with Crippen LogP contribution in [0, 0.1) is 0 Å². The zero-order chi connectivity index (χ0) is 40.5. The molecule has 3 aromatic heterocycles. The van der Waals surface area contributed by atoms with Crippen molar-refractivity contribution >= 4 is 22.1 Å². The first-order chi connectivity index (χ1) is 30.2. The van der Waals surface area contributed by atoms with Crippen molar-refractivity contribution < 1.29 is 4.42 Å². The smallest absolute Gasteiger partial charge is 0.180 e. The fourth-order valence-electron chi connectivity index (χ4n) is 7.88. The molecule has 0 N–H and O–H groups in total. The van der Waals surface area contributed by atoms with Crippen LogP contribution in [-0.2, 0) is 0 Å². The summed E-state index contributed by atoms with van der Waals surface area (Å²) in [6.07, 6.45) is 0. The van der Waals surface area contributed by atoms with Gasteiger partial charge in [0.2, 0.25) is 0 Å². The first-order valence-electron chi connectivity index (χ1n) is 20.2. The summed E-state index contributed by atoms with van der Waals surface area (Å²) in [5.74, 6) is 2.56. The van der Waals surface area contributed by atoms with Crippen LogP contribution in [0.5, 0.6) is 0 Å². The van der Waals surface area contributed by atoms with Gasteiger partial charge in [0.15, 0.2) is 28.9 Å². The Morgan fingerprint density at radius 1 is 0.262 bits per heavy atom. The minimum atomic E-state index is 0.625. The molecule has 8 aromatic carbocycles. The molecule has 11 rings (SSSR count). The van der Waals surface area contributed by atoms with Gasteiger partial charge in [-0.2, -0.15) is 0 Å². The van der Waals surface area contributed by atoms with Gasteiger partial charge in [0.1, 0.15) is 16.8 Å². The fraction of sp³-hybridized carbons (Fsp3) is 0. The second kappa shape index (κ2) is 15.4. The summed E-state index contributed by atoms with van der Waals surface area (Å²) in [6.45, 7) is 0. The van der Waals surface area contributed by atoms with Gasteiger partial charge in [0, 0.05) is 33.2 Å². The Labute approximate surface area is 352 Å². The number of fused-ring (bicyclic) bond motifs is 3. The average Bonchev–Trinajstić information content (AvgIpc) is 3.73. The second-order valence-electron chi connectivity index (χ2n) is 14.9. The first-order valence-corrected chi connectivity index (χ1v) is 20.2. The monoisotopic (exact) mass is 781 g/mol. The predicted octanol–water partition coefficient (Wildman–Crippen LogP) is 13.9. The number of para-hydroxylation sites is 1. The van der Waals surface area contributed by atoms with Crippen LogP contribution >= 0.6 is 0 Å². The molecule has 0 fully saturated rings. The maximum Gasteiger partial charge on any atom is 0.180 e. The van der Waals surface area contributed by atoms with Crippen LogP contribution in [0.4, 0.5) is 0 Å². The zero-order valence-corrected chi connectivity index (χ0v) is 32.9. The molecule has 0 amide bonds. The molecular formula is C55H35N5O. The normalized spacial score (nSPS) is 11.3. The van der Waals surface area contributed by atoms with E-state index in [-0.39, 0.29) is 0 Å². The summed E-state index contributed by atoms with van der Waals surface area (Å²) in [5, 5.41) is 0.969. The van der Waals surface area contributed by atoms with Gasteiger partial charge >= 0.3 is 0 Å². The predicted molar refractivity (Wildman–Crippen MR) is 246 cm³/mol. The van der Waals surface area contributed by atoms with E-state index in [9.17, 15) is 0 Å². The molecule has 0 aliphatic heterocycles. The topological polar surface area (TPSA) is 77.6 Å². The van der Waals surface area contributed by atoms with Crippen molar-refractivity contribution in [2.45, 2.75) is 0 Å². The van der Waals surface area contributed by atoms with Crippen LogP contribution in [0.15, 0.2) is 217 Å². The Morgan fingerprint density at radius 3 is 1.10 bits per heavy atom. The molecule has 0 bridgehead atoms. The van der Waals surface area contributed by atoms with Crippen LogP contribution in [0.1, 0.15) is 0 Å². The minimum absolute atomic E-state index is 0.625. The number of furan rings is 1. The van der Waals surface area contributed by atoms with E-state index >= 15 is 0 Å². The van der Waals surface area contributed by atoms with Gasteiger partial charge in [-0.1, -0.05) is 176 Å². The number of benzene rings is 8. The third-order valence-corrected chi connectivity index (χ3v) is 10.9. The molecule has 0 atom stereocenters. The third kappa shape index (κ3) is 7.02. The summed E-state index contributed by atoms with van der Waals surface area (Å²) in [6, 6.07) is 72.6. The molecular weight excluding hydrogens is 747 g/mol. The van der Waals surface area contributed by atoms with Gasteiger partial charge in [-0.15, -0.1) is 0 Å². The molecule has 0 aliphatic carbocycles. The highest BCUT2D eigenvalue weighted by Gasteiger charge is 2.19. The Kier molecular flexibility index (Phi) is 9.06. The van der Waals surface area contributed by atoms with Crippen molar-refractivity contribution in [1.29, 1.82) is 0 Å². The van der Waals surface area contributed by atoms with E-state index in [4.69, 9.17) is 29.3 Å². The van der Waals surface area contributed by atoms with Crippen molar-refractivity contribution in [3.8, 4) is 90.2 Å². The van der Waals surface area contributed by atoms with Gasteiger partial charge in [-0.25, -0.2) is 24.9 Å². The SMILES string of the molecule is c1ccc(-c2nc(-c3ccccc3)nc(-c3cccc(-c4cccc(-c5cccc(-c6cccc(-c7nc(-c8ccccc8)nc8c7oc7ccccc78)c6)c5)c4)c3)n2)cc1. The van der Waals surface area contributed by atoms with Crippen LogP contribution in [-0.4, -0.2) is 24.9 Å². The van der Waals surface area contributed by atoms with Gasteiger partial charge in [0.05, 0.1) is 0 Å². The van der Waals surface area contributed by atoms with E-state index in [1.165, 1.54) is 0 Å². The van der Waals surface area contributed by atoms with Gasteiger partial charge in [-0.05, 0) is 69.8 Å². The summed E-state index contributed by atoms with van der Waals surface area (Å²) in [5.41, 5.74) is 14.3. The number of hydrogen-bond acceptors (Lipinski definition) is 6. The lowest BCUT2D eigenvalue weighted by Crippen LogP contribution is -2.00. The molecule has 0 saturated heterocycles. The maximum atomic E-state index is 6.44. The van der Waals surface area contributed by atoms with Gasteiger partial charge < -0.3 is 4.42 Å². The Hall–Kier alpha value is -8.35. The second-order valence-corrected chi connectivity index (χ2v) is 14.9. The molecule has 3 heterocycles. The molecule has 6 nitrogen and oxygen atoms in total. The molecule has 6 heteroatoms. The van der Waals surface area contributed by atoms with E-state index < -0.39 is 0 Å². The zero-order valence-electron chi connectivity index (χ0n) is 32.9. The van der Waals surface area contributed by atoms with Gasteiger partial charge in [0.25, 0.3) is 0 Å². The van der Waals surface area contributed by atoms with E-state index in [0.717, 1.165) is 83.4 Å². The summed E-state index contributed by atoms with van der Waals surface area (Å²) >= 11 is 0. The van der Waals surface area contributed by atoms with Crippen molar-refractivity contribution in [2.75, 3.05) is 0 Å². The molecule has 11 aromatic rings. The highest BCUT2D eigenvalue weighted by molar-refractivity contribution is 6.07. The molecule has 0 unspecified atom stereocenters. The highest BCUT2D eigenvalue weighted by Crippen LogP contribution is 2.38.